The quantitative estimate of drug-likeness (QED) is 0.829. The molecule has 1 amide bonds. The Balaban J connectivity index is 2.02. The average Bonchev–Trinajstić information content (AvgIpc) is 2.60. The number of hydrogen-bond acceptors (Lipinski definition) is 3. The monoisotopic (exact) mass is 311 g/mol. The normalized spacial score (nSPS) is 12.0. The van der Waals surface area contributed by atoms with Crippen LogP contribution in [0, 0.1) is 0 Å². The Morgan fingerprint density at radius 2 is 1.87 bits per heavy atom. The first-order valence-electron chi connectivity index (χ1n) is 7.39. The maximum atomic E-state index is 12.1. The van der Waals surface area contributed by atoms with Crippen molar-refractivity contribution in [3.8, 4) is 11.5 Å². The zero-order chi connectivity index (χ0) is 16.7. The van der Waals surface area contributed by atoms with Crippen molar-refractivity contribution in [2.75, 3.05) is 14.2 Å². The van der Waals surface area contributed by atoms with Gasteiger partial charge < -0.3 is 14.8 Å². The molecule has 4 heteroatoms. The minimum absolute atomic E-state index is 0.145. The number of benzene rings is 2. The summed E-state index contributed by atoms with van der Waals surface area (Å²) in [6.45, 7) is 1.93. The highest BCUT2D eigenvalue weighted by molar-refractivity contribution is 5.92. The summed E-state index contributed by atoms with van der Waals surface area (Å²) in [5, 5.41) is 2.93. The molecule has 0 saturated heterocycles. The molecule has 0 saturated carbocycles. The second kappa shape index (κ2) is 8.03. The van der Waals surface area contributed by atoms with Crippen molar-refractivity contribution in [3.63, 3.8) is 0 Å². The minimum atomic E-state index is -0.161. The molecule has 0 aliphatic rings. The van der Waals surface area contributed by atoms with Gasteiger partial charge in [-0.1, -0.05) is 30.3 Å². The lowest BCUT2D eigenvalue weighted by atomic mass is 10.1. The molecule has 0 aliphatic carbocycles. The third kappa shape index (κ3) is 4.61. The van der Waals surface area contributed by atoms with Gasteiger partial charge in [-0.3, -0.25) is 4.79 Å². The highest BCUT2D eigenvalue weighted by atomic mass is 16.5. The van der Waals surface area contributed by atoms with Crippen LogP contribution in [0.25, 0.3) is 6.08 Å². The van der Waals surface area contributed by atoms with Gasteiger partial charge in [0.25, 0.3) is 0 Å². The summed E-state index contributed by atoms with van der Waals surface area (Å²) >= 11 is 0. The van der Waals surface area contributed by atoms with Gasteiger partial charge in [0.05, 0.1) is 20.3 Å². The van der Waals surface area contributed by atoms with Gasteiger partial charge in [-0.25, -0.2) is 0 Å². The Bertz CT molecular complexity index is 695. The van der Waals surface area contributed by atoms with Gasteiger partial charge in [0.2, 0.25) is 5.91 Å². The number of carbonyl (C=O) groups is 1. The van der Waals surface area contributed by atoms with E-state index in [0.717, 1.165) is 22.6 Å². The molecule has 120 valence electrons. The maximum Gasteiger partial charge on any atom is 0.244 e. The van der Waals surface area contributed by atoms with E-state index in [1.807, 2.05) is 55.5 Å². The summed E-state index contributed by atoms with van der Waals surface area (Å²) in [7, 11) is 3.24. The lowest BCUT2D eigenvalue weighted by molar-refractivity contribution is -0.117. The van der Waals surface area contributed by atoms with Crippen LogP contribution in [-0.2, 0) is 4.79 Å². The van der Waals surface area contributed by atoms with Crippen LogP contribution in [-0.4, -0.2) is 20.1 Å². The molecule has 0 aliphatic heterocycles. The molecule has 0 radical (unpaired) electrons. The number of hydrogen-bond donors (Lipinski definition) is 1. The van der Waals surface area contributed by atoms with Crippen molar-refractivity contribution in [2.45, 2.75) is 13.0 Å². The number of carbonyl (C=O) groups excluding carboxylic acids is 1. The van der Waals surface area contributed by atoms with Crippen molar-refractivity contribution < 1.29 is 14.3 Å². The third-order valence-electron chi connectivity index (χ3n) is 3.49. The predicted molar refractivity (Wildman–Crippen MR) is 91.6 cm³/mol. The van der Waals surface area contributed by atoms with E-state index in [2.05, 4.69) is 5.32 Å². The van der Waals surface area contributed by atoms with E-state index < -0.39 is 0 Å². The molecule has 0 bridgehead atoms. The highest BCUT2D eigenvalue weighted by Gasteiger charge is 2.11. The Morgan fingerprint density at radius 3 is 2.61 bits per heavy atom. The predicted octanol–water partition coefficient (Wildman–Crippen LogP) is 3.59. The minimum Gasteiger partial charge on any atom is -0.497 e. The summed E-state index contributed by atoms with van der Waals surface area (Å²) in [5.41, 5.74) is 1.85. The number of ether oxygens (including phenoxy) is 2. The molecular weight excluding hydrogens is 290 g/mol. The van der Waals surface area contributed by atoms with Gasteiger partial charge >= 0.3 is 0 Å². The molecule has 0 spiro atoms. The molecule has 0 unspecified atom stereocenters. The molecule has 2 aromatic carbocycles. The summed E-state index contributed by atoms with van der Waals surface area (Å²) in [4.78, 5) is 12.1. The lowest BCUT2D eigenvalue weighted by Crippen LogP contribution is -2.24. The third-order valence-corrected chi connectivity index (χ3v) is 3.49. The Labute approximate surface area is 136 Å². The van der Waals surface area contributed by atoms with Crippen molar-refractivity contribution in [1.29, 1.82) is 0 Å². The first-order chi connectivity index (χ1) is 11.1. The largest absolute Gasteiger partial charge is 0.497 e. The first kappa shape index (κ1) is 16.6. The van der Waals surface area contributed by atoms with Crippen LogP contribution >= 0.6 is 0 Å². The van der Waals surface area contributed by atoms with Crippen molar-refractivity contribution in [2.24, 2.45) is 0 Å². The zero-order valence-electron chi connectivity index (χ0n) is 13.6. The van der Waals surface area contributed by atoms with Gasteiger partial charge in [-0.2, -0.15) is 0 Å². The summed E-state index contributed by atoms with van der Waals surface area (Å²) < 4.78 is 10.5. The smallest absolute Gasteiger partial charge is 0.244 e. The molecule has 0 aromatic heterocycles. The van der Waals surface area contributed by atoms with E-state index in [0.29, 0.717) is 0 Å². The topological polar surface area (TPSA) is 47.6 Å². The van der Waals surface area contributed by atoms with Crippen LogP contribution in [0.5, 0.6) is 11.5 Å². The molecule has 2 rings (SSSR count). The van der Waals surface area contributed by atoms with Crippen LogP contribution in [0.3, 0.4) is 0 Å². The molecule has 23 heavy (non-hydrogen) atoms. The standard InChI is InChI=1S/C19H21NO3/c1-14(17-9-4-5-10-18(17)23-3)20-19(21)12-11-15-7-6-8-16(13-15)22-2/h4-14H,1-3H3,(H,20,21)/b12-11+/t14-/m0/s1. The number of para-hydroxylation sites is 1. The van der Waals surface area contributed by atoms with Gasteiger partial charge in [-0.15, -0.1) is 0 Å². The molecule has 0 heterocycles. The molecule has 2 aromatic rings. The second-order valence-electron chi connectivity index (χ2n) is 5.08. The summed E-state index contributed by atoms with van der Waals surface area (Å²) in [6.07, 6.45) is 3.27. The average molecular weight is 311 g/mol. The molecule has 4 nitrogen and oxygen atoms in total. The Morgan fingerprint density at radius 1 is 1.09 bits per heavy atom. The van der Waals surface area contributed by atoms with Crippen molar-refractivity contribution >= 4 is 12.0 Å². The van der Waals surface area contributed by atoms with Crippen molar-refractivity contribution in [1.82, 2.24) is 5.32 Å². The van der Waals surface area contributed by atoms with Gasteiger partial charge in [0.1, 0.15) is 11.5 Å². The molecule has 1 N–H and O–H groups in total. The van der Waals surface area contributed by atoms with Gasteiger partial charge in [0.15, 0.2) is 0 Å². The van der Waals surface area contributed by atoms with E-state index in [4.69, 9.17) is 9.47 Å². The molecular formula is C19H21NO3. The SMILES string of the molecule is COc1cccc(/C=C/C(=O)N[C@@H](C)c2ccccc2OC)c1. The van der Waals surface area contributed by atoms with Gasteiger partial charge in [-0.05, 0) is 36.8 Å². The van der Waals surface area contributed by atoms with Crippen molar-refractivity contribution in [3.05, 3.63) is 65.7 Å². The van der Waals surface area contributed by atoms with Crippen LogP contribution in [0.2, 0.25) is 0 Å². The lowest BCUT2D eigenvalue weighted by Gasteiger charge is -2.16. The Hall–Kier alpha value is -2.75. The van der Waals surface area contributed by atoms with E-state index >= 15 is 0 Å². The summed E-state index contributed by atoms with van der Waals surface area (Å²) in [5.74, 6) is 1.36. The van der Waals surface area contributed by atoms with Crippen LogP contribution in [0.1, 0.15) is 24.1 Å². The first-order valence-corrected chi connectivity index (χ1v) is 7.39. The van der Waals surface area contributed by atoms with E-state index in [-0.39, 0.29) is 11.9 Å². The summed E-state index contributed by atoms with van der Waals surface area (Å²) in [6, 6.07) is 15.0. The highest BCUT2D eigenvalue weighted by Crippen LogP contribution is 2.24. The van der Waals surface area contributed by atoms with Gasteiger partial charge in [0, 0.05) is 11.6 Å². The molecule has 1 atom stereocenters. The van der Waals surface area contributed by atoms with E-state index in [1.165, 1.54) is 6.08 Å². The number of rotatable bonds is 6. The van der Waals surface area contributed by atoms with Crippen LogP contribution < -0.4 is 14.8 Å². The van der Waals surface area contributed by atoms with E-state index in [9.17, 15) is 4.79 Å². The fraction of sp³-hybridized carbons (Fsp3) is 0.211. The second-order valence-corrected chi connectivity index (χ2v) is 5.08. The fourth-order valence-corrected chi connectivity index (χ4v) is 2.28. The number of amides is 1. The maximum absolute atomic E-state index is 12.1. The zero-order valence-corrected chi connectivity index (χ0v) is 13.6. The van der Waals surface area contributed by atoms with Crippen LogP contribution in [0.4, 0.5) is 0 Å². The molecule has 0 fully saturated rings. The Kier molecular flexibility index (Phi) is 5.80. The fourth-order valence-electron chi connectivity index (χ4n) is 2.28. The van der Waals surface area contributed by atoms with E-state index in [1.54, 1.807) is 20.3 Å². The number of nitrogens with one attached hydrogen (secondary N) is 1. The number of methoxy groups -OCH3 is 2. The van der Waals surface area contributed by atoms with Crippen LogP contribution in [0.15, 0.2) is 54.6 Å².